The molecule has 0 spiro atoms. The van der Waals surface area contributed by atoms with Gasteiger partial charge in [-0.2, -0.15) is 0 Å². The van der Waals surface area contributed by atoms with Crippen LogP contribution in [0.15, 0.2) is 29.3 Å². The summed E-state index contributed by atoms with van der Waals surface area (Å²) in [5.41, 5.74) is 28.5. The third-order valence-corrected chi connectivity index (χ3v) is 14.0. The number of rotatable bonds is 18. The number of likely N-dealkylation sites (tertiary alicyclic amines) is 1. The summed E-state index contributed by atoms with van der Waals surface area (Å²) >= 11 is 0. The van der Waals surface area contributed by atoms with Gasteiger partial charge in [-0.15, -0.1) is 0 Å². The lowest BCUT2D eigenvalue weighted by Gasteiger charge is -2.31. The van der Waals surface area contributed by atoms with Crippen molar-refractivity contribution in [3.05, 3.63) is 29.8 Å². The molecule has 71 heavy (non-hydrogen) atoms. The van der Waals surface area contributed by atoms with Gasteiger partial charge in [-0.3, -0.25) is 52.9 Å². The maximum atomic E-state index is 14.6. The number of phenols is 1. The topological polar surface area (TPSA) is 421 Å². The van der Waals surface area contributed by atoms with Crippen LogP contribution in [0, 0.1) is 11.8 Å². The predicted molar refractivity (Wildman–Crippen MR) is 266 cm³/mol. The SMILES string of the molecule is CC[C@H](C)[C@@H]1NC(=O)[C@H](Cc2ccc(O)cc2)NC(=O)[C@@H](N)CSSC[C@@H](C(=O)N2CCC[C@H]2C(=O)N[C@@H](CCCN=C(N)N)C(=O)NCC(N)=O)NC(=O)[C@H](CC(N)=O)NC(=O)[C@H](CC(C)C)NC1=O. The standard InChI is InChI=1S/C44H70N14O11S2/c1-5-23(4)35-42(68)55-28(16-22(2)3)38(64)54-30(18-33(46)60)39(65)56-31(21-71-70-20-26(45)36(62)53-29(40(66)57-35)17-24-10-12-25(59)13-11-24)43(69)58-15-7-9-32(58)41(67)52-27(8-6-14-50-44(48)49)37(63)51-19-34(47)61/h10-13,22-23,26-32,35,59H,5-9,14-21,45H2,1-4H3,(H2,46,60)(H2,47,61)(H,51,63)(H,52,67)(H,53,62)(H,54,64)(H,55,68)(H,56,65)(H,57,66)(H4,48,49,50)/t23-,26-,27-,28-,29-,30-,31-,32-,35-/m0/s1. The van der Waals surface area contributed by atoms with Gasteiger partial charge in [0.25, 0.3) is 0 Å². The number of hydrogen-bond acceptors (Lipinski definition) is 15. The van der Waals surface area contributed by atoms with Crippen molar-refractivity contribution < 1.29 is 53.1 Å². The highest BCUT2D eigenvalue weighted by Gasteiger charge is 2.41. The molecule has 2 aliphatic rings. The summed E-state index contributed by atoms with van der Waals surface area (Å²) in [6, 6.07) is -4.53. The monoisotopic (exact) mass is 1030 g/mol. The zero-order valence-corrected chi connectivity index (χ0v) is 42.0. The van der Waals surface area contributed by atoms with Crippen molar-refractivity contribution in [3.8, 4) is 5.75 Å². The first-order valence-electron chi connectivity index (χ1n) is 23.3. The molecule has 0 saturated carbocycles. The summed E-state index contributed by atoms with van der Waals surface area (Å²) in [5, 5.41) is 28.1. The van der Waals surface area contributed by atoms with Gasteiger partial charge in [0.2, 0.25) is 59.1 Å². The molecule has 3 rings (SSSR count). The van der Waals surface area contributed by atoms with E-state index in [-0.39, 0.29) is 74.3 Å². The third kappa shape index (κ3) is 19.8. The largest absolute Gasteiger partial charge is 0.508 e. The summed E-state index contributed by atoms with van der Waals surface area (Å²) in [6.07, 6.45) is 0.400. The van der Waals surface area contributed by atoms with Gasteiger partial charge in [0, 0.05) is 31.0 Å². The first-order chi connectivity index (χ1) is 33.5. The third-order valence-electron chi connectivity index (χ3n) is 11.6. The lowest BCUT2D eigenvalue weighted by Crippen LogP contribution is -2.61. The minimum absolute atomic E-state index is 0.0269. The summed E-state index contributed by atoms with van der Waals surface area (Å²) in [4.78, 5) is 141. The van der Waals surface area contributed by atoms with E-state index in [9.17, 15) is 53.1 Å². The number of hydrogen-bond donors (Lipinski definition) is 13. The molecule has 0 aliphatic carbocycles. The van der Waals surface area contributed by atoms with Crippen LogP contribution in [0.1, 0.15) is 78.2 Å². The normalized spacial score (nSPS) is 23.9. The van der Waals surface area contributed by atoms with Crippen LogP contribution in [0.3, 0.4) is 0 Å². The average molecular weight is 1040 g/mol. The predicted octanol–water partition coefficient (Wildman–Crippen LogP) is -3.82. The number of benzene rings is 1. The van der Waals surface area contributed by atoms with E-state index in [2.05, 4.69) is 42.2 Å². The van der Waals surface area contributed by atoms with Crippen LogP contribution in [0.25, 0.3) is 0 Å². The molecule has 0 radical (unpaired) electrons. The molecule has 2 fully saturated rings. The average Bonchev–Trinajstić information content (AvgIpc) is 3.81. The van der Waals surface area contributed by atoms with E-state index in [1.54, 1.807) is 39.8 Å². The molecule has 9 atom stereocenters. The van der Waals surface area contributed by atoms with Crippen LogP contribution in [0.2, 0.25) is 0 Å². The van der Waals surface area contributed by atoms with Crippen molar-refractivity contribution in [3.63, 3.8) is 0 Å². The first-order valence-corrected chi connectivity index (χ1v) is 25.8. The molecule has 2 saturated heterocycles. The Bertz CT molecular complexity index is 2100. The lowest BCUT2D eigenvalue weighted by atomic mass is 9.95. The Kier molecular flexibility index (Phi) is 24.2. The van der Waals surface area contributed by atoms with Crippen molar-refractivity contribution in [2.45, 2.75) is 127 Å². The maximum Gasteiger partial charge on any atom is 0.246 e. The van der Waals surface area contributed by atoms with Crippen molar-refractivity contribution in [1.82, 2.24) is 42.1 Å². The fraction of sp³-hybridized carbons (Fsp3) is 0.614. The minimum atomic E-state index is -1.66. The maximum absolute atomic E-state index is 14.6. The molecule has 0 bridgehead atoms. The Morgan fingerprint density at radius 1 is 0.817 bits per heavy atom. The number of amides is 10. The number of aromatic hydroxyl groups is 1. The van der Waals surface area contributed by atoms with E-state index >= 15 is 0 Å². The fourth-order valence-electron chi connectivity index (χ4n) is 7.56. The number of primary amides is 2. The van der Waals surface area contributed by atoms with Crippen LogP contribution in [0.4, 0.5) is 0 Å². The summed E-state index contributed by atoms with van der Waals surface area (Å²) < 4.78 is 0. The van der Waals surface area contributed by atoms with E-state index in [0.29, 0.717) is 18.4 Å². The highest BCUT2D eigenvalue weighted by Crippen LogP contribution is 2.26. The highest BCUT2D eigenvalue weighted by atomic mass is 33.1. The van der Waals surface area contributed by atoms with E-state index in [1.807, 2.05) is 0 Å². The van der Waals surface area contributed by atoms with Crippen molar-refractivity contribution in [2.75, 3.05) is 31.1 Å². The van der Waals surface area contributed by atoms with Crippen LogP contribution in [-0.2, 0) is 54.4 Å². The van der Waals surface area contributed by atoms with Crippen molar-refractivity contribution >= 4 is 86.6 Å². The lowest BCUT2D eigenvalue weighted by molar-refractivity contribution is -0.142. The van der Waals surface area contributed by atoms with Gasteiger partial charge in [0.05, 0.1) is 19.0 Å². The number of guanidine groups is 1. The van der Waals surface area contributed by atoms with E-state index in [1.165, 1.54) is 17.0 Å². The molecule has 1 aromatic carbocycles. The number of aliphatic imine (C=N–C) groups is 1. The number of phenolic OH excluding ortho intramolecular Hbond substituents is 1. The second-order valence-corrected chi connectivity index (χ2v) is 20.4. The zero-order valence-electron chi connectivity index (χ0n) is 40.4. The van der Waals surface area contributed by atoms with E-state index < -0.39 is 126 Å². The van der Waals surface area contributed by atoms with Crippen LogP contribution in [-0.4, -0.2) is 155 Å². The molecule has 0 unspecified atom stereocenters. The van der Waals surface area contributed by atoms with Crippen molar-refractivity contribution in [1.29, 1.82) is 0 Å². The summed E-state index contributed by atoms with van der Waals surface area (Å²) in [6.45, 7) is 6.71. The van der Waals surface area contributed by atoms with Gasteiger partial charge in [-0.1, -0.05) is 67.8 Å². The summed E-state index contributed by atoms with van der Waals surface area (Å²) in [5.74, 6) is -9.32. The van der Waals surface area contributed by atoms with Gasteiger partial charge < -0.3 is 75.9 Å². The van der Waals surface area contributed by atoms with Gasteiger partial charge >= 0.3 is 0 Å². The molecule has 1 aromatic rings. The number of carbonyl (C=O) groups is 10. The quantitative estimate of drug-likeness (QED) is 0.0290. The highest BCUT2D eigenvalue weighted by molar-refractivity contribution is 8.76. The number of nitrogens with zero attached hydrogens (tertiary/aromatic N) is 2. The molecular formula is C44H70N14O11S2. The first kappa shape index (κ1) is 59.0. The number of carbonyl (C=O) groups excluding carboxylic acids is 10. The van der Waals surface area contributed by atoms with Gasteiger partial charge in [0.1, 0.15) is 48.0 Å². The van der Waals surface area contributed by atoms with Crippen LogP contribution < -0.4 is 65.9 Å². The fourth-order valence-corrected chi connectivity index (χ4v) is 9.84. The minimum Gasteiger partial charge on any atom is -0.508 e. The van der Waals surface area contributed by atoms with E-state index in [0.717, 1.165) is 21.6 Å². The van der Waals surface area contributed by atoms with Gasteiger partial charge in [-0.05, 0) is 61.6 Å². The molecule has 2 heterocycles. The molecule has 25 nitrogen and oxygen atoms in total. The number of nitrogens with two attached hydrogens (primary N) is 5. The van der Waals surface area contributed by atoms with Gasteiger partial charge in [0.15, 0.2) is 5.96 Å². The number of nitrogens with one attached hydrogen (secondary N) is 7. The van der Waals surface area contributed by atoms with Crippen molar-refractivity contribution in [2.24, 2.45) is 45.5 Å². The second-order valence-electron chi connectivity index (χ2n) is 17.8. The Balaban J connectivity index is 2.03. The molecule has 0 aromatic heterocycles. The zero-order chi connectivity index (χ0) is 52.9. The van der Waals surface area contributed by atoms with Crippen LogP contribution >= 0.6 is 21.6 Å². The molecule has 394 valence electrons. The Morgan fingerprint density at radius 3 is 2.06 bits per heavy atom. The molecule has 27 heteroatoms. The van der Waals surface area contributed by atoms with E-state index in [4.69, 9.17) is 28.7 Å². The molecule has 18 N–H and O–H groups in total. The second kappa shape index (κ2) is 29.1. The summed E-state index contributed by atoms with van der Waals surface area (Å²) in [7, 11) is 2.08. The Labute approximate surface area is 420 Å². The molecule has 2 aliphatic heterocycles. The Morgan fingerprint density at radius 2 is 1.44 bits per heavy atom. The van der Waals surface area contributed by atoms with Crippen LogP contribution in [0.5, 0.6) is 5.75 Å². The van der Waals surface area contributed by atoms with Gasteiger partial charge in [-0.25, -0.2) is 0 Å². The molecule has 10 amide bonds. The smallest absolute Gasteiger partial charge is 0.246 e. The Hall–Kier alpha value is -6.35. The molecular weight excluding hydrogens is 965 g/mol.